The molecule has 146 valence electrons. The molecule has 0 aromatic heterocycles. The summed E-state index contributed by atoms with van der Waals surface area (Å²) in [5.41, 5.74) is -0.358. The molecule has 2 saturated carbocycles. The summed E-state index contributed by atoms with van der Waals surface area (Å²) in [4.78, 5) is 2.73. The first-order chi connectivity index (χ1) is 12.1. The topological polar surface area (TPSA) is 23.5 Å². The van der Waals surface area contributed by atoms with Gasteiger partial charge in [0.2, 0.25) is 0 Å². The molecule has 2 heteroatoms. The number of nitrogens with zero attached hydrogens (tertiary/aromatic N) is 1. The average molecular weight is 350 g/mol. The van der Waals surface area contributed by atoms with Crippen LogP contribution in [-0.2, 0) is 0 Å². The molecule has 1 aliphatic heterocycles. The summed E-state index contributed by atoms with van der Waals surface area (Å²) >= 11 is 0. The quantitative estimate of drug-likeness (QED) is 0.643. The lowest BCUT2D eigenvalue weighted by Gasteiger charge is -2.46. The molecule has 0 amide bonds. The molecular formula is C23H43NO. The van der Waals surface area contributed by atoms with E-state index in [0.717, 1.165) is 18.5 Å². The maximum atomic E-state index is 11.9. The Morgan fingerprint density at radius 1 is 0.720 bits per heavy atom. The Morgan fingerprint density at radius 2 is 1.20 bits per heavy atom. The van der Waals surface area contributed by atoms with Gasteiger partial charge in [-0.1, -0.05) is 44.9 Å². The van der Waals surface area contributed by atoms with E-state index in [1.54, 1.807) is 0 Å². The molecule has 2 atom stereocenters. The van der Waals surface area contributed by atoms with Gasteiger partial charge in [-0.3, -0.25) is 4.90 Å². The summed E-state index contributed by atoms with van der Waals surface area (Å²) in [6.45, 7) is 6.01. The lowest BCUT2D eigenvalue weighted by atomic mass is 9.64. The second-order valence-corrected chi connectivity index (χ2v) is 9.63. The van der Waals surface area contributed by atoms with Crippen LogP contribution in [0.1, 0.15) is 110 Å². The van der Waals surface area contributed by atoms with Crippen LogP contribution >= 0.6 is 0 Å². The van der Waals surface area contributed by atoms with Gasteiger partial charge in [0.15, 0.2) is 0 Å². The number of likely N-dealkylation sites (tertiary alicyclic amines) is 1. The van der Waals surface area contributed by atoms with Gasteiger partial charge in [-0.05, 0) is 83.6 Å². The van der Waals surface area contributed by atoms with E-state index in [0.29, 0.717) is 11.8 Å². The van der Waals surface area contributed by atoms with Crippen molar-refractivity contribution in [1.29, 1.82) is 0 Å². The third-order valence-corrected chi connectivity index (χ3v) is 7.99. The third kappa shape index (κ3) is 4.80. The molecule has 1 N–H and O–H groups in total. The molecule has 1 heterocycles. The van der Waals surface area contributed by atoms with Gasteiger partial charge in [-0.25, -0.2) is 0 Å². The monoisotopic (exact) mass is 349 g/mol. The molecule has 0 spiro atoms. The zero-order chi connectivity index (χ0) is 17.7. The van der Waals surface area contributed by atoms with E-state index in [4.69, 9.17) is 0 Å². The molecular weight excluding hydrogens is 306 g/mol. The lowest BCUT2D eigenvalue weighted by Crippen LogP contribution is -2.48. The Hall–Kier alpha value is -0.0800. The fourth-order valence-corrected chi connectivity index (χ4v) is 6.41. The Morgan fingerprint density at radius 3 is 1.68 bits per heavy atom. The van der Waals surface area contributed by atoms with E-state index < -0.39 is 0 Å². The minimum atomic E-state index is -0.358. The zero-order valence-electron chi connectivity index (χ0n) is 17.0. The smallest absolute Gasteiger partial charge is 0.0704 e. The first-order valence-corrected chi connectivity index (χ1v) is 11.6. The van der Waals surface area contributed by atoms with E-state index >= 15 is 0 Å². The predicted octanol–water partition coefficient (Wildman–Crippen LogP) is 5.92. The molecule has 1 saturated heterocycles. The van der Waals surface area contributed by atoms with Crippen molar-refractivity contribution in [1.82, 2.24) is 4.90 Å². The van der Waals surface area contributed by atoms with E-state index in [1.165, 1.54) is 96.4 Å². The van der Waals surface area contributed by atoms with Gasteiger partial charge in [-0.15, -0.1) is 0 Å². The largest absolute Gasteiger partial charge is 0.389 e. The molecule has 2 aliphatic carbocycles. The molecule has 25 heavy (non-hydrogen) atoms. The minimum absolute atomic E-state index is 0.358. The molecule has 3 aliphatic rings. The normalized spacial score (nSPS) is 31.3. The Labute approximate surface area is 156 Å². The first-order valence-electron chi connectivity index (χ1n) is 11.6. The van der Waals surface area contributed by atoms with Crippen LogP contribution in [0, 0.1) is 11.8 Å². The van der Waals surface area contributed by atoms with Crippen molar-refractivity contribution in [3.63, 3.8) is 0 Å². The van der Waals surface area contributed by atoms with Crippen LogP contribution < -0.4 is 0 Å². The molecule has 0 aromatic rings. The molecule has 0 aromatic carbocycles. The molecule has 0 bridgehead atoms. The van der Waals surface area contributed by atoms with Crippen molar-refractivity contribution >= 4 is 0 Å². The van der Waals surface area contributed by atoms with Crippen LogP contribution in [0.15, 0.2) is 0 Å². The van der Waals surface area contributed by atoms with E-state index in [9.17, 15) is 5.11 Å². The summed E-state index contributed by atoms with van der Waals surface area (Å²) in [5.74, 6) is 1.17. The lowest BCUT2D eigenvalue weighted by molar-refractivity contribution is -0.100. The molecule has 3 fully saturated rings. The summed E-state index contributed by atoms with van der Waals surface area (Å²) in [7, 11) is 0. The van der Waals surface area contributed by atoms with Gasteiger partial charge < -0.3 is 5.11 Å². The molecule has 0 unspecified atom stereocenters. The van der Waals surface area contributed by atoms with Crippen LogP contribution in [0.25, 0.3) is 0 Å². The predicted molar refractivity (Wildman–Crippen MR) is 107 cm³/mol. The summed E-state index contributed by atoms with van der Waals surface area (Å²) in [6, 6.07) is 1.47. The van der Waals surface area contributed by atoms with Crippen molar-refractivity contribution in [2.24, 2.45) is 11.8 Å². The Kier molecular flexibility index (Phi) is 7.26. The standard InChI is InChI=1S/C23H43NO/c1-19-11-9-12-20(2)24(19)18-10-17-23(25,21-13-5-3-6-14-21)22-15-7-4-8-16-22/h19-22,25H,3-18H2,1-2H3/t19-,20-/m1/s1. The highest BCUT2D eigenvalue weighted by atomic mass is 16.3. The molecule has 2 nitrogen and oxygen atoms in total. The van der Waals surface area contributed by atoms with Gasteiger partial charge >= 0.3 is 0 Å². The van der Waals surface area contributed by atoms with Gasteiger partial charge in [0.05, 0.1) is 5.60 Å². The second-order valence-electron chi connectivity index (χ2n) is 9.63. The highest BCUT2D eigenvalue weighted by molar-refractivity contribution is 4.95. The van der Waals surface area contributed by atoms with Crippen LogP contribution in [0.5, 0.6) is 0 Å². The Balaban J connectivity index is 1.60. The number of hydrogen-bond donors (Lipinski definition) is 1. The zero-order valence-corrected chi connectivity index (χ0v) is 17.0. The summed E-state index contributed by atoms with van der Waals surface area (Å²) < 4.78 is 0. The third-order valence-electron chi connectivity index (χ3n) is 7.99. The minimum Gasteiger partial charge on any atom is -0.389 e. The number of rotatable bonds is 6. The maximum absolute atomic E-state index is 11.9. The first kappa shape index (κ1) is 19.7. The van der Waals surface area contributed by atoms with E-state index in [2.05, 4.69) is 18.7 Å². The molecule has 0 radical (unpaired) electrons. The van der Waals surface area contributed by atoms with Crippen molar-refractivity contribution in [3.8, 4) is 0 Å². The van der Waals surface area contributed by atoms with Gasteiger partial charge in [-0.2, -0.15) is 0 Å². The highest BCUT2D eigenvalue weighted by Gasteiger charge is 2.43. The fraction of sp³-hybridized carbons (Fsp3) is 1.00. The van der Waals surface area contributed by atoms with Gasteiger partial charge in [0.1, 0.15) is 0 Å². The van der Waals surface area contributed by atoms with E-state index in [-0.39, 0.29) is 5.60 Å². The van der Waals surface area contributed by atoms with Crippen molar-refractivity contribution < 1.29 is 5.11 Å². The van der Waals surface area contributed by atoms with Gasteiger partial charge in [0.25, 0.3) is 0 Å². The van der Waals surface area contributed by atoms with Gasteiger partial charge in [0, 0.05) is 12.1 Å². The average Bonchev–Trinajstić information content (AvgIpc) is 2.65. The van der Waals surface area contributed by atoms with Crippen LogP contribution in [0.4, 0.5) is 0 Å². The van der Waals surface area contributed by atoms with Crippen LogP contribution in [0.2, 0.25) is 0 Å². The van der Waals surface area contributed by atoms with Crippen molar-refractivity contribution in [2.45, 2.75) is 128 Å². The summed E-state index contributed by atoms with van der Waals surface area (Å²) in [5, 5.41) is 11.9. The fourth-order valence-electron chi connectivity index (χ4n) is 6.41. The SMILES string of the molecule is C[C@@H]1CCC[C@@H](C)N1CCCC(O)(C1CCCCC1)C1CCCCC1. The van der Waals surface area contributed by atoms with Crippen LogP contribution in [-0.4, -0.2) is 34.2 Å². The number of piperidine rings is 1. The van der Waals surface area contributed by atoms with Crippen molar-refractivity contribution in [2.75, 3.05) is 6.54 Å². The van der Waals surface area contributed by atoms with Crippen LogP contribution in [0.3, 0.4) is 0 Å². The second kappa shape index (κ2) is 9.22. The van der Waals surface area contributed by atoms with E-state index in [1.807, 2.05) is 0 Å². The maximum Gasteiger partial charge on any atom is 0.0704 e. The summed E-state index contributed by atoms with van der Waals surface area (Å²) in [6.07, 6.45) is 19.7. The Bertz CT molecular complexity index is 356. The number of aliphatic hydroxyl groups is 1. The van der Waals surface area contributed by atoms with Crippen molar-refractivity contribution in [3.05, 3.63) is 0 Å². The molecule has 3 rings (SSSR count). The highest BCUT2D eigenvalue weighted by Crippen LogP contribution is 2.45. The number of hydrogen-bond acceptors (Lipinski definition) is 2.